The van der Waals surface area contributed by atoms with Crippen LogP contribution in [0.3, 0.4) is 0 Å². The number of alkyl halides is 1. The molecule has 0 bridgehead atoms. The minimum Gasteiger partial charge on any atom is -0.395 e. The van der Waals surface area contributed by atoms with E-state index in [1.807, 2.05) is 30.0 Å². The lowest BCUT2D eigenvalue weighted by atomic mass is 10.0. The smallest absolute Gasteiger partial charge is 0.329 e. The van der Waals surface area contributed by atoms with Crippen molar-refractivity contribution in [3.63, 3.8) is 0 Å². The summed E-state index contributed by atoms with van der Waals surface area (Å²) in [6.07, 6.45) is 18.2. The molecule has 2 fully saturated rings. The predicted molar refractivity (Wildman–Crippen MR) is 216 cm³/mol. The number of amides is 2. The number of aldehydes is 2. The quantitative estimate of drug-likeness (QED) is 0.0926. The number of carbonyl (C=O) groups is 4. The monoisotopic (exact) mass is 787 g/mol. The average molecular weight is 788 g/mol. The van der Waals surface area contributed by atoms with Crippen LogP contribution in [0.15, 0.2) is 42.2 Å². The highest BCUT2D eigenvalue weighted by Gasteiger charge is 2.39. The van der Waals surface area contributed by atoms with Crippen molar-refractivity contribution in [2.45, 2.75) is 95.4 Å². The SMILES string of the molecule is C=C(CCCCCCCC=O)c1c(/C=C\C)n(C(C=O)CCC(=O)NC)c(=O)n1C.CN1CC(n2cc(-c3cnn4c(C(=O)N[C@@H]5C[C@@H]5F)cnc4c3N)cn2)C1. The second-order valence-electron chi connectivity index (χ2n) is 14.7. The molecule has 6 rings (SSSR count). The molecule has 1 unspecified atom stereocenters. The van der Waals surface area contributed by atoms with Crippen molar-refractivity contribution >= 4 is 47.4 Å². The van der Waals surface area contributed by atoms with E-state index >= 15 is 0 Å². The molecule has 0 spiro atoms. The van der Waals surface area contributed by atoms with Crippen LogP contribution >= 0.6 is 0 Å². The molecular formula is C40H54FN11O5. The maximum Gasteiger partial charge on any atom is 0.329 e. The highest BCUT2D eigenvalue weighted by atomic mass is 19.1. The highest BCUT2D eigenvalue weighted by molar-refractivity contribution is 5.95. The number of nitrogens with two attached hydrogens (primary N) is 1. The number of fused-ring (bicyclic) bond motifs is 1. The van der Waals surface area contributed by atoms with E-state index in [0.29, 0.717) is 41.5 Å². The minimum atomic E-state index is -0.968. The Bertz CT molecular complexity index is 2160. The van der Waals surface area contributed by atoms with Gasteiger partial charge in [-0.05, 0) is 51.3 Å². The van der Waals surface area contributed by atoms with Crippen molar-refractivity contribution in [2.75, 3.05) is 32.9 Å². The molecule has 4 N–H and O–H groups in total. The van der Waals surface area contributed by atoms with Crippen molar-refractivity contribution < 1.29 is 23.6 Å². The molecule has 17 heteroatoms. The molecule has 1 saturated heterocycles. The number of hydrogen-bond acceptors (Lipinski definition) is 10. The first-order valence-corrected chi connectivity index (χ1v) is 19.5. The topological polar surface area (TPSA) is 197 Å². The van der Waals surface area contributed by atoms with Gasteiger partial charge in [-0.1, -0.05) is 31.9 Å². The van der Waals surface area contributed by atoms with Gasteiger partial charge in [-0.15, -0.1) is 0 Å². The number of halogens is 1. The number of allylic oxidation sites excluding steroid dienone is 2. The van der Waals surface area contributed by atoms with E-state index in [1.165, 1.54) is 19.8 Å². The first-order chi connectivity index (χ1) is 27.4. The fourth-order valence-corrected chi connectivity index (χ4v) is 6.98. The molecule has 5 heterocycles. The van der Waals surface area contributed by atoms with Gasteiger partial charge in [-0.2, -0.15) is 10.2 Å². The standard InChI is InChI=1S/C23H35N3O4.C17H19FN8O/c1-5-12-20-22(18(2)13-10-8-6-7-9-11-16-27)25(4)23(30)26(20)19(17-28)14-15-21(29)24-3;1-24-7-10(8-24)25-6-9(3-21-25)11-4-22-26-14(5-20-16(26)15(11)19)17(27)23-13-2-12(13)18/h5,12,16-17,19H,2,6-11,13-15H2,1,3-4H3,(H,24,29);3-6,10,12-13H,2,7-8,19H2,1H3,(H,23,27)/b12-5-;/t;12-,13+/m.0/s1. The molecule has 2 amide bonds. The van der Waals surface area contributed by atoms with Gasteiger partial charge in [0.25, 0.3) is 5.91 Å². The van der Waals surface area contributed by atoms with Crippen LogP contribution in [-0.4, -0.2) is 102 Å². The van der Waals surface area contributed by atoms with Crippen LogP contribution in [0.5, 0.6) is 0 Å². The van der Waals surface area contributed by atoms with Crippen LogP contribution in [0.2, 0.25) is 0 Å². The van der Waals surface area contributed by atoms with Gasteiger partial charge < -0.3 is 30.9 Å². The first kappa shape index (κ1) is 42.4. The van der Waals surface area contributed by atoms with E-state index in [2.05, 4.69) is 44.3 Å². The molecule has 57 heavy (non-hydrogen) atoms. The van der Waals surface area contributed by atoms with Crippen LogP contribution in [-0.2, 0) is 21.4 Å². The van der Waals surface area contributed by atoms with Crippen molar-refractivity contribution in [3.05, 3.63) is 65.0 Å². The minimum absolute atomic E-state index is 0.164. The molecule has 1 aliphatic heterocycles. The van der Waals surface area contributed by atoms with E-state index in [-0.39, 0.29) is 30.1 Å². The molecule has 4 aromatic rings. The second-order valence-corrected chi connectivity index (χ2v) is 14.7. The molecule has 0 radical (unpaired) electrons. The normalized spacial score (nSPS) is 17.1. The predicted octanol–water partition coefficient (Wildman–Crippen LogP) is 3.93. The summed E-state index contributed by atoms with van der Waals surface area (Å²) in [5.41, 5.74) is 10.8. The van der Waals surface area contributed by atoms with Crippen molar-refractivity contribution in [2.24, 2.45) is 7.05 Å². The van der Waals surface area contributed by atoms with Gasteiger partial charge in [0.15, 0.2) is 11.3 Å². The van der Waals surface area contributed by atoms with Gasteiger partial charge in [0.2, 0.25) is 5.91 Å². The van der Waals surface area contributed by atoms with Crippen LogP contribution in [0.4, 0.5) is 10.1 Å². The number of likely N-dealkylation sites (tertiary alicyclic amines) is 1. The number of unbranched alkanes of at least 4 members (excludes halogenated alkanes) is 5. The summed E-state index contributed by atoms with van der Waals surface area (Å²) in [5, 5.41) is 13.9. The average Bonchev–Trinajstić information content (AvgIpc) is 3.51. The first-order valence-electron chi connectivity index (χ1n) is 19.5. The molecule has 306 valence electrons. The molecule has 0 aromatic carbocycles. The van der Waals surface area contributed by atoms with Crippen molar-refractivity contribution in [3.8, 4) is 11.1 Å². The highest BCUT2D eigenvalue weighted by Crippen LogP contribution is 2.31. The summed E-state index contributed by atoms with van der Waals surface area (Å²) in [6.45, 7) is 7.98. The summed E-state index contributed by atoms with van der Waals surface area (Å²) in [4.78, 5) is 65.4. The number of nitrogen functional groups attached to an aromatic ring is 1. The van der Waals surface area contributed by atoms with Crippen molar-refractivity contribution in [1.29, 1.82) is 0 Å². The number of anilines is 1. The third-order valence-corrected chi connectivity index (χ3v) is 10.4. The molecule has 3 atom stereocenters. The van der Waals surface area contributed by atoms with E-state index in [1.54, 1.807) is 26.5 Å². The van der Waals surface area contributed by atoms with Gasteiger partial charge in [-0.3, -0.25) is 23.4 Å². The van der Waals surface area contributed by atoms with E-state index in [4.69, 9.17) is 5.73 Å². The lowest BCUT2D eigenvalue weighted by molar-refractivity contribution is -0.121. The third kappa shape index (κ3) is 10.0. The molecule has 16 nitrogen and oxygen atoms in total. The number of rotatable bonds is 19. The van der Waals surface area contributed by atoms with Crippen LogP contribution in [0.1, 0.15) is 105 Å². The molecular weight excluding hydrogens is 734 g/mol. The lowest BCUT2D eigenvalue weighted by Gasteiger charge is -2.36. The largest absolute Gasteiger partial charge is 0.395 e. The zero-order valence-corrected chi connectivity index (χ0v) is 33.2. The fourth-order valence-electron chi connectivity index (χ4n) is 6.98. The zero-order chi connectivity index (χ0) is 41.2. The number of nitrogens with one attached hydrogen (secondary N) is 2. The number of imidazole rings is 2. The molecule has 1 saturated carbocycles. The van der Waals surface area contributed by atoms with Gasteiger partial charge in [0.1, 0.15) is 18.7 Å². The Labute approximate surface area is 331 Å². The third-order valence-electron chi connectivity index (χ3n) is 10.4. The maximum atomic E-state index is 13.0. The van der Waals surface area contributed by atoms with Gasteiger partial charge in [0.05, 0.1) is 53.8 Å². The molecule has 2 aliphatic rings. The number of likely N-dealkylation sites (N-methyl/N-ethyl adjacent to an activating group) is 1. The lowest BCUT2D eigenvalue weighted by Crippen LogP contribution is -2.45. The van der Waals surface area contributed by atoms with Crippen LogP contribution in [0, 0.1) is 0 Å². The van der Waals surface area contributed by atoms with Crippen LogP contribution in [0.25, 0.3) is 28.4 Å². The zero-order valence-electron chi connectivity index (χ0n) is 33.2. The van der Waals surface area contributed by atoms with Gasteiger partial charge in [-0.25, -0.2) is 18.7 Å². The summed E-state index contributed by atoms with van der Waals surface area (Å²) in [6, 6.07) is -0.771. The number of hydrogen-bond donors (Lipinski definition) is 3. The number of carbonyl (C=O) groups excluding carboxylic acids is 4. The summed E-state index contributed by atoms with van der Waals surface area (Å²) in [7, 11) is 5.30. The Balaban J connectivity index is 0.000000218. The molecule has 4 aromatic heterocycles. The fraction of sp³-hybridized carbons (Fsp3) is 0.500. The van der Waals surface area contributed by atoms with E-state index in [9.17, 15) is 28.4 Å². The number of aromatic nitrogens is 7. The Kier molecular flexibility index (Phi) is 14.5. The number of nitrogens with zero attached hydrogens (tertiary/aromatic N) is 8. The van der Waals surface area contributed by atoms with Crippen molar-refractivity contribution in [1.82, 2.24) is 49.0 Å². The Morgan fingerprint density at radius 2 is 1.79 bits per heavy atom. The Morgan fingerprint density at radius 3 is 2.44 bits per heavy atom. The van der Waals surface area contributed by atoms with Crippen LogP contribution < -0.4 is 22.1 Å². The summed E-state index contributed by atoms with van der Waals surface area (Å²) < 4.78 is 19.4. The van der Waals surface area contributed by atoms with Gasteiger partial charge in [0, 0.05) is 63.8 Å². The van der Waals surface area contributed by atoms with E-state index in [0.717, 1.165) is 81.0 Å². The summed E-state index contributed by atoms with van der Waals surface area (Å²) in [5.74, 6) is -0.578. The molecule has 1 aliphatic carbocycles. The second kappa shape index (κ2) is 19.4. The van der Waals surface area contributed by atoms with Gasteiger partial charge >= 0.3 is 5.69 Å². The maximum absolute atomic E-state index is 13.0. The Morgan fingerprint density at radius 1 is 1.07 bits per heavy atom. The van der Waals surface area contributed by atoms with E-state index < -0.39 is 24.2 Å². The Hall–Kier alpha value is -5.71. The summed E-state index contributed by atoms with van der Waals surface area (Å²) >= 11 is 0.